The first-order valence-corrected chi connectivity index (χ1v) is 5.71. The number of aliphatic hydroxyl groups is 1. The van der Waals surface area contributed by atoms with Crippen LogP contribution in [0.5, 0.6) is 0 Å². The zero-order valence-electron chi connectivity index (χ0n) is 8.58. The third kappa shape index (κ3) is 3.14. The summed E-state index contributed by atoms with van der Waals surface area (Å²) < 4.78 is 0. The minimum atomic E-state index is -0.237. The Hall–Kier alpha value is -0.280. The summed E-state index contributed by atoms with van der Waals surface area (Å²) >= 11 is 5.64. The molecule has 2 unspecified atom stereocenters. The van der Waals surface area contributed by atoms with Gasteiger partial charge in [0.1, 0.15) is 0 Å². The number of aliphatic hydroxyl groups excluding tert-OH is 1. The molecule has 1 aliphatic rings. The summed E-state index contributed by atoms with van der Waals surface area (Å²) in [4.78, 5) is 13.6. The maximum Gasteiger partial charge on any atom is 0.226 e. The Morgan fingerprint density at radius 3 is 2.93 bits per heavy atom. The molecule has 0 aromatic heterocycles. The number of hydrogen-bond acceptors (Lipinski definition) is 2. The fourth-order valence-electron chi connectivity index (χ4n) is 1.68. The molecule has 2 atom stereocenters. The molecule has 1 amide bonds. The van der Waals surface area contributed by atoms with Crippen molar-refractivity contribution in [2.45, 2.75) is 32.3 Å². The minimum Gasteiger partial charge on any atom is -0.393 e. The maximum atomic E-state index is 11.7. The van der Waals surface area contributed by atoms with Crippen LogP contribution in [0.4, 0.5) is 0 Å². The smallest absolute Gasteiger partial charge is 0.226 e. The predicted octanol–water partition coefficient (Wildman–Crippen LogP) is 1.23. The summed E-state index contributed by atoms with van der Waals surface area (Å²) in [5, 5.41) is 9.42. The summed E-state index contributed by atoms with van der Waals surface area (Å²) in [5.74, 6) is 0.388. The molecule has 14 heavy (non-hydrogen) atoms. The van der Waals surface area contributed by atoms with E-state index < -0.39 is 0 Å². The summed E-state index contributed by atoms with van der Waals surface area (Å²) in [7, 11) is 0. The lowest BCUT2D eigenvalue weighted by atomic mass is 10.2. The molecule has 0 radical (unpaired) electrons. The van der Waals surface area contributed by atoms with Crippen LogP contribution in [0.1, 0.15) is 26.2 Å². The van der Waals surface area contributed by atoms with Crippen LogP contribution in [0, 0.1) is 5.92 Å². The van der Waals surface area contributed by atoms with Crippen LogP contribution in [0.3, 0.4) is 0 Å². The fourth-order valence-corrected chi connectivity index (χ4v) is 1.81. The second-order valence-electron chi connectivity index (χ2n) is 3.97. The van der Waals surface area contributed by atoms with Crippen molar-refractivity contribution in [3.05, 3.63) is 0 Å². The Labute approximate surface area is 90.0 Å². The molecule has 82 valence electrons. The number of hydrogen-bond donors (Lipinski definition) is 1. The number of amides is 1. The highest BCUT2D eigenvalue weighted by molar-refractivity contribution is 6.19. The average molecular weight is 220 g/mol. The maximum absolute atomic E-state index is 11.7. The third-order valence-electron chi connectivity index (χ3n) is 2.66. The average Bonchev–Trinajstić information content (AvgIpc) is 2.40. The van der Waals surface area contributed by atoms with Gasteiger partial charge in [-0.25, -0.2) is 0 Å². The second kappa shape index (κ2) is 5.56. The highest BCUT2D eigenvalue weighted by atomic mass is 35.5. The predicted molar refractivity (Wildman–Crippen MR) is 56.3 cm³/mol. The molecule has 1 heterocycles. The van der Waals surface area contributed by atoms with E-state index in [1.54, 1.807) is 0 Å². The summed E-state index contributed by atoms with van der Waals surface area (Å²) in [6, 6.07) is 0. The van der Waals surface area contributed by atoms with Crippen molar-refractivity contribution in [2.75, 3.05) is 19.0 Å². The molecule has 1 saturated heterocycles. The van der Waals surface area contributed by atoms with E-state index in [9.17, 15) is 9.90 Å². The van der Waals surface area contributed by atoms with Gasteiger partial charge in [0.2, 0.25) is 5.91 Å². The van der Waals surface area contributed by atoms with Crippen molar-refractivity contribution in [2.24, 2.45) is 5.92 Å². The third-order valence-corrected chi connectivity index (χ3v) is 3.13. The van der Waals surface area contributed by atoms with E-state index in [4.69, 9.17) is 11.6 Å². The monoisotopic (exact) mass is 219 g/mol. The van der Waals surface area contributed by atoms with E-state index >= 15 is 0 Å². The highest BCUT2D eigenvalue weighted by Crippen LogP contribution is 2.13. The quantitative estimate of drug-likeness (QED) is 0.710. The highest BCUT2D eigenvalue weighted by Gasteiger charge is 2.22. The molecular weight excluding hydrogens is 202 g/mol. The largest absolute Gasteiger partial charge is 0.393 e. The zero-order chi connectivity index (χ0) is 10.6. The van der Waals surface area contributed by atoms with Gasteiger partial charge in [0.15, 0.2) is 0 Å². The second-order valence-corrected chi connectivity index (χ2v) is 4.27. The van der Waals surface area contributed by atoms with Crippen LogP contribution < -0.4 is 0 Å². The van der Waals surface area contributed by atoms with Crippen LogP contribution in [-0.4, -0.2) is 41.0 Å². The van der Waals surface area contributed by atoms with Crippen molar-refractivity contribution in [1.29, 1.82) is 0 Å². The minimum absolute atomic E-state index is 0.105. The van der Waals surface area contributed by atoms with Crippen molar-refractivity contribution < 1.29 is 9.90 Å². The Bertz CT molecular complexity index is 199. The van der Waals surface area contributed by atoms with Crippen molar-refractivity contribution in [1.82, 2.24) is 4.90 Å². The Balaban J connectivity index is 2.47. The number of nitrogens with zero attached hydrogens (tertiary/aromatic N) is 1. The fraction of sp³-hybridized carbons (Fsp3) is 0.900. The molecule has 0 saturated carbocycles. The number of likely N-dealkylation sites (tertiary alicyclic amines) is 1. The van der Waals surface area contributed by atoms with Crippen LogP contribution in [0.15, 0.2) is 0 Å². The van der Waals surface area contributed by atoms with Gasteiger partial charge in [-0.15, -0.1) is 11.6 Å². The lowest BCUT2D eigenvalue weighted by Gasteiger charge is -2.23. The topological polar surface area (TPSA) is 40.5 Å². The van der Waals surface area contributed by atoms with E-state index in [2.05, 4.69) is 0 Å². The number of alkyl halides is 1. The van der Waals surface area contributed by atoms with Gasteiger partial charge in [-0.05, 0) is 19.3 Å². The molecule has 4 heteroatoms. The van der Waals surface area contributed by atoms with Gasteiger partial charge in [0.25, 0.3) is 0 Å². The number of halogens is 1. The molecule has 0 aromatic rings. The Morgan fingerprint density at radius 2 is 2.29 bits per heavy atom. The van der Waals surface area contributed by atoms with Crippen LogP contribution in [-0.2, 0) is 4.79 Å². The van der Waals surface area contributed by atoms with Gasteiger partial charge in [-0.1, -0.05) is 6.92 Å². The van der Waals surface area contributed by atoms with E-state index in [1.165, 1.54) is 0 Å². The molecule has 3 nitrogen and oxygen atoms in total. The Morgan fingerprint density at radius 1 is 1.57 bits per heavy atom. The molecule has 0 bridgehead atoms. The van der Waals surface area contributed by atoms with Gasteiger partial charge >= 0.3 is 0 Å². The SMILES string of the molecule is CC(CCl)C(=O)N1CCCC(O)CC1. The zero-order valence-corrected chi connectivity index (χ0v) is 9.33. The standard InChI is InChI=1S/C10H18ClNO2/c1-8(7-11)10(14)12-5-2-3-9(13)4-6-12/h8-9,13H,2-7H2,1H3. The van der Waals surface area contributed by atoms with Gasteiger partial charge in [-0.2, -0.15) is 0 Å². The lowest BCUT2D eigenvalue weighted by Crippen LogP contribution is -2.36. The molecule has 0 aromatic carbocycles. The van der Waals surface area contributed by atoms with E-state index in [-0.39, 0.29) is 17.9 Å². The molecule has 1 rings (SSSR count). The number of rotatable bonds is 2. The molecule has 1 N–H and O–H groups in total. The van der Waals surface area contributed by atoms with E-state index in [0.29, 0.717) is 18.8 Å². The van der Waals surface area contributed by atoms with Crippen molar-refractivity contribution >= 4 is 17.5 Å². The first-order chi connectivity index (χ1) is 6.65. The van der Waals surface area contributed by atoms with Crippen LogP contribution in [0.2, 0.25) is 0 Å². The molecule has 0 spiro atoms. The van der Waals surface area contributed by atoms with Gasteiger partial charge < -0.3 is 10.0 Å². The summed E-state index contributed by atoms with van der Waals surface area (Å²) in [6.07, 6.45) is 2.15. The summed E-state index contributed by atoms with van der Waals surface area (Å²) in [5.41, 5.74) is 0. The number of carbonyl (C=O) groups excluding carboxylic acids is 1. The van der Waals surface area contributed by atoms with Gasteiger partial charge in [-0.3, -0.25) is 4.79 Å². The van der Waals surface area contributed by atoms with Gasteiger partial charge in [0, 0.05) is 24.9 Å². The summed E-state index contributed by atoms with van der Waals surface area (Å²) in [6.45, 7) is 3.27. The Kier molecular flexibility index (Phi) is 4.69. The molecule has 0 aliphatic carbocycles. The lowest BCUT2D eigenvalue weighted by molar-refractivity contribution is -0.134. The molecule has 1 fully saturated rings. The molecule has 1 aliphatic heterocycles. The van der Waals surface area contributed by atoms with E-state index in [1.807, 2.05) is 11.8 Å². The first kappa shape index (κ1) is 11.8. The normalized spacial score (nSPS) is 25.6. The van der Waals surface area contributed by atoms with Crippen molar-refractivity contribution in [3.8, 4) is 0 Å². The van der Waals surface area contributed by atoms with Crippen LogP contribution >= 0.6 is 11.6 Å². The first-order valence-electron chi connectivity index (χ1n) is 5.18. The van der Waals surface area contributed by atoms with Gasteiger partial charge in [0.05, 0.1) is 6.10 Å². The van der Waals surface area contributed by atoms with E-state index in [0.717, 1.165) is 19.4 Å². The number of carbonyl (C=O) groups is 1. The van der Waals surface area contributed by atoms with Crippen LogP contribution in [0.25, 0.3) is 0 Å². The molecular formula is C10H18ClNO2. The van der Waals surface area contributed by atoms with Crippen molar-refractivity contribution in [3.63, 3.8) is 0 Å².